The molecule has 5 atom stereocenters. The molecule has 1 saturated heterocycles. The Morgan fingerprint density at radius 3 is 2.12 bits per heavy atom. The summed E-state index contributed by atoms with van der Waals surface area (Å²) in [4.78, 5) is 4.89. The quantitative estimate of drug-likeness (QED) is 0.660. The molecule has 0 aliphatic carbocycles. The molecule has 0 amide bonds. The van der Waals surface area contributed by atoms with Crippen LogP contribution >= 0.6 is 0 Å². The molecule has 0 saturated carbocycles. The zero-order valence-electron chi connectivity index (χ0n) is 10.2. The fourth-order valence-electron chi connectivity index (χ4n) is 2.14. The summed E-state index contributed by atoms with van der Waals surface area (Å²) in [5, 5.41) is 0. The van der Waals surface area contributed by atoms with Crippen LogP contribution < -0.4 is 5.90 Å². The van der Waals surface area contributed by atoms with Crippen LogP contribution in [0.2, 0.25) is 0 Å². The van der Waals surface area contributed by atoms with E-state index in [0.29, 0.717) is 6.61 Å². The maximum Gasteiger partial charge on any atom is 0.133 e. The summed E-state index contributed by atoms with van der Waals surface area (Å²) in [6.45, 7) is 2.33. The van der Waals surface area contributed by atoms with Crippen molar-refractivity contribution in [2.24, 2.45) is 5.90 Å². The molecule has 0 bridgehead atoms. The van der Waals surface area contributed by atoms with E-state index in [1.54, 1.807) is 21.3 Å². The van der Waals surface area contributed by atoms with Crippen molar-refractivity contribution in [1.29, 1.82) is 0 Å². The molecule has 1 fully saturated rings. The van der Waals surface area contributed by atoms with Crippen LogP contribution in [0.4, 0.5) is 0 Å². The average Bonchev–Trinajstić information content (AvgIpc) is 2.28. The van der Waals surface area contributed by atoms with Gasteiger partial charge in [0.2, 0.25) is 0 Å². The molecule has 1 heterocycles. The Morgan fingerprint density at radius 2 is 1.69 bits per heavy atom. The van der Waals surface area contributed by atoms with E-state index >= 15 is 0 Å². The Morgan fingerprint density at radius 1 is 1.06 bits per heavy atom. The van der Waals surface area contributed by atoms with Crippen molar-refractivity contribution in [1.82, 2.24) is 0 Å². The minimum atomic E-state index is -0.344. The highest BCUT2D eigenvalue weighted by molar-refractivity contribution is 4.93. The Bertz CT molecular complexity index is 204. The predicted molar refractivity (Wildman–Crippen MR) is 56.9 cm³/mol. The average molecular weight is 235 g/mol. The topological polar surface area (TPSA) is 72.2 Å². The lowest BCUT2D eigenvalue weighted by atomic mass is 9.95. The fraction of sp³-hybridized carbons (Fsp3) is 1.00. The van der Waals surface area contributed by atoms with Crippen LogP contribution in [0.25, 0.3) is 0 Å². The zero-order chi connectivity index (χ0) is 12.1. The zero-order valence-corrected chi connectivity index (χ0v) is 10.2. The first-order valence-electron chi connectivity index (χ1n) is 5.25. The van der Waals surface area contributed by atoms with E-state index in [1.165, 1.54) is 0 Å². The molecule has 16 heavy (non-hydrogen) atoms. The third-order valence-electron chi connectivity index (χ3n) is 2.90. The normalized spacial score (nSPS) is 39.9. The molecular formula is C10H21NO5. The van der Waals surface area contributed by atoms with Gasteiger partial charge in [-0.1, -0.05) is 0 Å². The number of rotatable bonds is 5. The van der Waals surface area contributed by atoms with E-state index in [4.69, 9.17) is 29.7 Å². The maximum atomic E-state index is 5.73. The molecule has 0 aromatic heterocycles. The van der Waals surface area contributed by atoms with E-state index in [-0.39, 0.29) is 30.5 Å². The predicted octanol–water partition coefficient (Wildman–Crippen LogP) is -0.291. The van der Waals surface area contributed by atoms with Gasteiger partial charge in [-0.25, -0.2) is 5.90 Å². The van der Waals surface area contributed by atoms with Crippen LogP contribution in [0.5, 0.6) is 0 Å². The second-order valence-corrected chi connectivity index (χ2v) is 3.84. The molecule has 1 aliphatic rings. The van der Waals surface area contributed by atoms with Crippen LogP contribution in [-0.4, -0.2) is 58.5 Å². The molecule has 96 valence electrons. The van der Waals surface area contributed by atoms with Gasteiger partial charge < -0.3 is 18.9 Å². The molecule has 0 radical (unpaired) electrons. The highest BCUT2D eigenvalue weighted by Crippen LogP contribution is 2.26. The third-order valence-corrected chi connectivity index (χ3v) is 2.90. The summed E-state index contributed by atoms with van der Waals surface area (Å²) < 4.78 is 21.6. The lowest BCUT2D eigenvalue weighted by Gasteiger charge is -2.43. The fourth-order valence-corrected chi connectivity index (χ4v) is 2.14. The van der Waals surface area contributed by atoms with Crippen LogP contribution in [0.15, 0.2) is 0 Å². The molecule has 0 spiro atoms. The molecule has 0 aromatic rings. The van der Waals surface area contributed by atoms with Crippen molar-refractivity contribution in [3.63, 3.8) is 0 Å². The van der Waals surface area contributed by atoms with Gasteiger partial charge in [0.05, 0.1) is 12.7 Å². The smallest absolute Gasteiger partial charge is 0.133 e. The molecule has 0 aromatic carbocycles. The molecule has 1 rings (SSSR count). The van der Waals surface area contributed by atoms with Gasteiger partial charge in [-0.15, -0.1) is 0 Å². The summed E-state index contributed by atoms with van der Waals surface area (Å²) in [5.41, 5.74) is 0. The van der Waals surface area contributed by atoms with Crippen LogP contribution in [-0.2, 0) is 23.8 Å². The summed E-state index contributed by atoms with van der Waals surface area (Å²) in [7, 11) is 4.82. The minimum absolute atomic E-state index is 0.165. The summed E-state index contributed by atoms with van der Waals surface area (Å²) in [6, 6.07) is 0. The maximum absolute atomic E-state index is 5.73. The van der Waals surface area contributed by atoms with E-state index in [1.807, 2.05) is 6.92 Å². The summed E-state index contributed by atoms with van der Waals surface area (Å²) in [5.74, 6) is 5.25. The Labute approximate surface area is 95.9 Å². The number of ether oxygens (including phenoxy) is 4. The number of hydrogen-bond acceptors (Lipinski definition) is 6. The summed E-state index contributed by atoms with van der Waals surface area (Å²) in [6.07, 6.45) is -1.21. The molecular weight excluding hydrogens is 214 g/mol. The van der Waals surface area contributed by atoms with Crippen molar-refractivity contribution in [2.75, 3.05) is 27.9 Å². The van der Waals surface area contributed by atoms with Gasteiger partial charge in [0.1, 0.15) is 24.4 Å². The molecule has 1 aliphatic heterocycles. The second-order valence-electron chi connectivity index (χ2n) is 3.84. The van der Waals surface area contributed by atoms with E-state index in [2.05, 4.69) is 0 Å². The van der Waals surface area contributed by atoms with E-state index < -0.39 is 0 Å². The highest BCUT2D eigenvalue weighted by atomic mass is 16.7. The second kappa shape index (κ2) is 6.48. The van der Waals surface area contributed by atoms with Crippen molar-refractivity contribution >= 4 is 0 Å². The van der Waals surface area contributed by atoms with Gasteiger partial charge in [0.25, 0.3) is 0 Å². The lowest BCUT2D eigenvalue weighted by molar-refractivity contribution is -0.251. The Kier molecular flexibility index (Phi) is 5.60. The van der Waals surface area contributed by atoms with Gasteiger partial charge >= 0.3 is 0 Å². The minimum Gasteiger partial charge on any atom is -0.382 e. The van der Waals surface area contributed by atoms with Crippen LogP contribution in [0.3, 0.4) is 0 Å². The van der Waals surface area contributed by atoms with Crippen molar-refractivity contribution in [3.05, 3.63) is 0 Å². The first-order valence-corrected chi connectivity index (χ1v) is 5.25. The summed E-state index contributed by atoms with van der Waals surface area (Å²) >= 11 is 0. The molecule has 6 heteroatoms. The standard InChI is InChI=1S/C10H21NO5/c1-6-8(16-11)10(14-4)9(13-3)7(15-6)5-12-2/h6-10H,5,11H2,1-4H3. The van der Waals surface area contributed by atoms with Crippen molar-refractivity contribution in [2.45, 2.75) is 37.4 Å². The lowest BCUT2D eigenvalue weighted by Crippen LogP contribution is -2.60. The monoisotopic (exact) mass is 235 g/mol. The number of methoxy groups -OCH3 is 3. The van der Waals surface area contributed by atoms with Gasteiger partial charge in [-0.2, -0.15) is 0 Å². The van der Waals surface area contributed by atoms with Gasteiger partial charge in [-0.3, -0.25) is 4.84 Å². The van der Waals surface area contributed by atoms with Crippen molar-refractivity contribution in [3.8, 4) is 0 Å². The van der Waals surface area contributed by atoms with Crippen LogP contribution in [0.1, 0.15) is 6.92 Å². The van der Waals surface area contributed by atoms with Gasteiger partial charge in [0, 0.05) is 21.3 Å². The molecule has 6 nitrogen and oxygen atoms in total. The Hall–Kier alpha value is -0.240. The van der Waals surface area contributed by atoms with Crippen LogP contribution in [0, 0.1) is 0 Å². The SMILES string of the molecule is COCC1OC(C)C(ON)C(OC)C1OC. The van der Waals surface area contributed by atoms with E-state index in [9.17, 15) is 0 Å². The highest BCUT2D eigenvalue weighted by Gasteiger charge is 2.45. The number of nitrogens with two attached hydrogens (primary N) is 1. The number of hydrogen-bond donors (Lipinski definition) is 1. The largest absolute Gasteiger partial charge is 0.382 e. The first-order chi connectivity index (χ1) is 7.69. The van der Waals surface area contributed by atoms with Gasteiger partial charge in [-0.05, 0) is 6.92 Å². The van der Waals surface area contributed by atoms with Crippen molar-refractivity contribution < 1.29 is 23.8 Å². The Balaban J connectivity index is 2.78. The molecule has 2 N–H and O–H groups in total. The van der Waals surface area contributed by atoms with Gasteiger partial charge in [0.15, 0.2) is 0 Å². The molecule has 5 unspecified atom stereocenters. The first kappa shape index (κ1) is 13.8. The third kappa shape index (κ3) is 2.71. The van der Waals surface area contributed by atoms with E-state index in [0.717, 1.165) is 0 Å².